The summed E-state index contributed by atoms with van der Waals surface area (Å²) in [5.41, 5.74) is 13.5. The highest BCUT2D eigenvalue weighted by Gasteiger charge is 2.45. The molecule has 1 aromatic heterocycles. The zero-order valence-corrected chi connectivity index (χ0v) is 30.6. The molecular formula is C53H36N2O. The second kappa shape index (κ2) is 14.1. The van der Waals surface area contributed by atoms with E-state index >= 15 is 0 Å². The monoisotopic (exact) mass is 716 g/mol. The molecule has 0 atom stereocenters. The number of benzene rings is 8. The van der Waals surface area contributed by atoms with E-state index in [1.54, 1.807) is 0 Å². The van der Waals surface area contributed by atoms with Crippen molar-refractivity contribution in [2.45, 2.75) is 5.41 Å². The fourth-order valence-electron chi connectivity index (χ4n) is 8.21. The summed E-state index contributed by atoms with van der Waals surface area (Å²) in [7, 11) is 0. The number of rotatable bonds is 7. The molecule has 1 aliphatic rings. The van der Waals surface area contributed by atoms with Crippen molar-refractivity contribution in [1.29, 1.82) is 0 Å². The summed E-state index contributed by atoms with van der Waals surface area (Å²) in [6, 6.07) is 76.9. The molecule has 9 aromatic rings. The highest BCUT2D eigenvalue weighted by atomic mass is 16.5. The lowest BCUT2D eigenvalue weighted by Gasteiger charge is -2.41. The molecule has 264 valence electrons. The molecule has 0 saturated heterocycles. The summed E-state index contributed by atoms with van der Waals surface area (Å²) >= 11 is 0. The van der Waals surface area contributed by atoms with Gasteiger partial charge in [0.1, 0.15) is 11.5 Å². The smallest absolute Gasteiger partial charge is 0.160 e. The van der Waals surface area contributed by atoms with Gasteiger partial charge in [-0.15, -0.1) is 0 Å². The summed E-state index contributed by atoms with van der Waals surface area (Å²) in [6.07, 6.45) is 0. The van der Waals surface area contributed by atoms with Crippen molar-refractivity contribution >= 4 is 0 Å². The first kappa shape index (κ1) is 33.2. The average Bonchev–Trinajstić information content (AvgIpc) is 3.29. The van der Waals surface area contributed by atoms with Crippen LogP contribution >= 0.6 is 0 Å². The van der Waals surface area contributed by atoms with Crippen LogP contribution in [0.3, 0.4) is 0 Å². The standard InChI is InChI=1S/C53H36N2O/c1-4-17-37(18-5-1)48-36-49(55-52(54-48)38-19-6-2-7-20-38)43-25-15-23-41(34-43)39-21-14-22-40(33-39)42-24-16-28-45(35-42)53(44-26-8-3-9-27-44)46-29-10-12-31-50(46)56-51-32-13-11-30-47(51)53/h1-36H. The predicted molar refractivity (Wildman–Crippen MR) is 228 cm³/mol. The molecule has 0 fully saturated rings. The Morgan fingerprint density at radius 2 is 0.714 bits per heavy atom. The fraction of sp³-hybridized carbons (Fsp3) is 0.0189. The Bertz CT molecular complexity index is 2730. The normalized spacial score (nSPS) is 12.6. The molecule has 0 bridgehead atoms. The summed E-state index contributed by atoms with van der Waals surface area (Å²) in [6.45, 7) is 0. The minimum atomic E-state index is -0.580. The van der Waals surface area contributed by atoms with Gasteiger partial charge in [-0.3, -0.25) is 0 Å². The molecule has 0 unspecified atom stereocenters. The third kappa shape index (κ3) is 5.87. The van der Waals surface area contributed by atoms with Gasteiger partial charge in [-0.25, -0.2) is 9.97 Å². The third-order valence-electron chi connectivity index (χ3n) is 10.8. The number of nitrogens with zero attached hydrogens (tertiary/aromatic N) is 2. The number of para-hydroxylation sites is 2. The Morgan fingerprint density at radius 1 is 0.304 bits per heavy atom. The SMILES string of the molecule is c1ccc(-c2cc(-c3cccc(-c4cccc(-c5cccc(C6(c7ccccc7)c7ccccc7Oc7ccccc76)c5)c4)c3)nc(-c3ccccc3)n2)cc1. The quantitative estimate of drug-likeness (QED) is 0.165. The largest absolute Gasteiger partial charge is 0.457 e. The Hall–Kier alpha value is -7.36. The Labute approximate surface area is 327 Å². The summed E-state index contributed by atoms with van der Waals surface area (Å²) in [5, 5.41) is 0. The van der Waals surface area contributed by atoms with Crippen LogP contribution in [0.4, 0.5) is 0 Å². The molecule has 0 spiro atoms. The van der Waals surface area contributed by atoms with E-state index in [1.807, 2.05) is 36.4 Å². The van der Waals surface area contributed by atoms with Gasteiger partial charge in [0.15, 0.2) is 5.82 Å². The molecule has 3 nitrogen and oxygen atoms in total. The lowest BCUT2D eigenvalue weighted by atomic mass is 9.63. The first-order valence-corrected chi connectivity index (χ1v) is 19.0. The van der Waals surface area contributed by atoms with Crippen LogP contribution in [0.25, 0.3) is 56.2 Å². The lowest BCUT2D eigenvalue weighted by Crippen LogP contribution is -2.34. The molecule has 0 aliphatic carbocycles. The van der Waals surface area contributed by atoms with E-state index in [9.17, 15) is 0 Å². The van der Waals surface area contributed by atoms with Crippen molar-refractivity contribution in [3.8, 4) is 67.7 Å². The second-order valence-electron chi connectivity index (χ2n) is 14.1. The van der Waals surface area contributed by atoms with E-state index in [2.05, 4.69) is 182 Å². The van der Waals surface area contributed by atoms with Crippen molar-refractivity contribution in [3.63, 3.8) is 0 Å². The minimum absolute atomic E-state index is 0.580. The van der Waals surface area contributed by atoms with Crippen molar-refractivity contribution in [2.75, 3.05) is 0 Å². The van der Waals surface area contributed by atoms with Crippen molar-refractivity contribution < 1.29 is 4.74 Å². The summed E-state index contributed by atoms with van der Waals surface area (Å²) in [4.78, 5) is 10.1. The molecule has 0 amide bonds. The van der Waals surface area contributed by atoms with Gasteiger partial charge in [0.05, 0.1) is 16.8 Å². The lowest BCUT2D eigenvalue weighted by molar-refractivity contribution is 0.434. The van der Waals surface area contributed by atoms with Gasteiger partial charge in [-0.1, -0.05) is 182 Å². The number of aromatic nitrogens is 2. The van der Waals surface area contributed by atoms with Crippen LogP contribution < -0.4 is 4.74 Å². The van der Waals surface area contributed by atoms with Crippen LogP contribution in [0.15, 0.2) is 218 Å². The zero-order valence-electron chi connectivity index (χ0n) is 30.6. The van der Waals surface area contributed by atoms with Gasteiger partial charge in [0.25, 0.3) is 0 Å². The number of ether oxygens (including phenoxy) is 1. The van der Waals surface area contributed by atoms with Gasteiger partial charge < -0.3 is 4.74 Å². The molecule has 2 heterocycles. The van der Waals surface area contributed by atoms with Crippen molar-refractivity contribution in [3.05, 3.63) is 241 Å². The first-order valence-electron chi connectivity index (χ1n) is 19.0. The maximum Gasteiger partial charge on any atom is 0.160 e. The van der Waals surface area contributed by atoms with Crippen LogP contribution in [0.5, 0.6) is 11.5 Å². The molecule has 10 rings (SSSR count). The molecule has 8 aromatic carbocycles. The van der Waals surface area contributed by atoms with E-state index in [-0.39, 0.29) is 0 Å². The topological polar surface area (TPSA) is 35.0 Å². The van der Waals surface area contributed by atoms with E-state index in [1.165, 1.54) is 11.1 Å². The molecule has 1 aliphatic heterocycles. The van der Waals surface area contributed by atoms with Gasteiger partial charge in [0, 0.05) is 27.8 Å². The zero-order chi connectivity index (χ0) is 37.3. The maximum atomic E-state index is 6.55. The van der Waals surface area contributed by atoms with E-state index < -0.39 is 5.41 Å². The van der Waals surface area contributed by atoms with Crippen LogP contribution in [-0.4, -0.2) is 9.97 Å². The van der Waals surface area contributed by atoms with E-state index in [0.29, 0.717) is 5.82 Å². The van der Waals surface area contributed by atoms with Crippen LogP contribution in [0.1, 0.15) is 22.3 Å². The van der Waals surface area contributed by atoms with Gasteiger partial charge >= 0.3 is 0 Å². The maximum absolute atomic E-state index is 6.55. The second-order valence-corrected chi connectivity index (χ2v) is 14.1. The Balaban J connectivity index is 1.07. The van der Waals surface area contributed by atoms with Gasteiger partial charge in [0.2, 0.25) is 0 Å². The predicted octanol–water partition coefficient (Wildman–Crippen LogP) is 13.3. The molecule has 56 heavy (non-hydrogen) atoms. The van der Waals surface area contributed by atoms with E-state index in [0.717, 1.165) is 73.0 Å². The van der Waals surface area contributed by atoms with Gasteiger partial charge in [-0.05, 0) is 69.8 Å². The van der Waals surface area contributed by atoms with E-state index in [4.69, 9.17) is 14.7 Å². The highest BCUT2D eigenvalue weighted by Crippen LogP contribution is 2.55. The molecule has 0 saturated carbocycles. The molecule has 3 heteroatoms. The number of hydrogen-bond donors (Lipinski definition) is 0. The van der Waals surface area contributed by atoms with Crippen molar-refractivity contribution in [2.24, 2.45) is 0 Å². The van der Waals surface area contributed by atoms with Crippen molar-refractivity contribution in [1.82, 2.24) is 9.97 Å². The molecular weight excluding hydrogens is 681 g/mol. The third-order valence-corrected chi connectivity index (χ3v) is 10.8. The highest BCUT2D eigenvalue weighted by molar-refractivity contribution is 5.79. The molecule has 0 N–H and O–H groups in total. The number of hydrogen-bond acceptors (Lipinski definition) is 3. The average molecular weight is 717 g/mol. The first-order chi connectivity index (χ1) is 27.7. The Morgan fingerprint density at radius 3 is 1.32 bits per heavy atom. The fourth-order valence-corrected chi connectivity index (χ4v) is 8.21. The van der Waals surface area contributed by atoms with Crippen LogP contribution in [0, 0.1) is 0 Å². The summed E-state index contributed by atoms with van der Waals surface area (Å²) in [5.74, 6) is 2.45. The minimum Gasteiger partial charge on any atom is -0.457 e. The summed E-state index contributed by atoms with van der Waals surface area (Å²) < 4.78 is 6.55. The molecule has 0 radical (unpaired) electrons. The van der Waals surface area contributed by atoms with Crippen LogP contribution in [-0.2, 0) is 5.41 Å². The van der Waals surface area contributed by atoms with Gasteiger partial charge in [-0.2, -0.15) is 0 Å². The van der Waals surface area contributed by atoms with Crippen LogP contribution in [0.2, 0.25) is 0 Å². The number of fused-ring (bicyclic) bond motifs is 2. The Kier molecular flexibility index (Phi) is 8.38.